The maximum Gasteiger partial charge on any atom is 0.118 e. The fourth-order valence-corrected chi connectivity index (χ4v) is 4.43. The number of hydrogen-bond donors (Lipinski definition) is 2. The molecule has 0 aliphatic heterocycles. The molecular weight excluding hydrogens is 482 g/mol. The van der Waals surface area contributed by atoms with E-state index in [0.29, 0.717) is 0 Å². The van der Waals surface area contributed by atoms with E-state index in [-0.39, 0.29) is 6.61 Å². The highest BCUT2D eigenvalue weighted by atomic mass is 127. The number of ether oxygens (including phenoxy) is 1. The van der Waals surface area contributed by atoms with Crippen LogP contribution in [0.4, 0.5) is 0 Å². The maximum atomic E-state index is 10.6. The van der Waals surface area contributed by atoms with Crippen molar-refractivity contribution in [1.82, 2.24) is 0 Å². The molecule has 0 saturated carbocycles. The van der Waals surface area contributed by atoms with Gasteiger partial charge < -0.3 is 14.9 Å². The van der Waals surface area contributed by atoms with Gasteiger partial charge >= 0.3 is 0 Å². The molecule has 20 heavy (non-hydrogen) atoms. The lowest BCUT2D eigenvalue weighted by molar-refractivity contribution is 0.218. The minimum Gasteiger partial charge on any atom is -0.497 e. The van der Waals surface area contributed by atoms with Crippen LogP contribution in [0.1, 0.15) is 22.8 Å². The van der Waals surface area contributed by atoms with E-state index in [1.807, 2.05) is 36.4 Å². The smallest absolute Gasteiger partial charge is 0.118 e. The van der Waals surface area contributed by atoms with Crippen LogP contribution < -0.4 is 4.74 Å². The first-order valence-corrected chi connectivity index (χ1v) is 8.13. The van der Waals surface area contributed by atoms with Crippen molar-refractivity contribution in [3.63, 3.8) is 0 Å². The summed E-state index contributed by atoms with van der Waals surface area (Å²) in [4.78, 5) is 0. The van der Waals surface area contributed by atoms with Gasteiger partial charge in [-0.3, -0.25) is 0 Å². The van der Waals surface area contributed by atoms with Crippen molar-refractivity contribution < 1.29 is 14.9 Å². The van der Waals surface area contributed by atoms with Crippen LogP contribution in [-0.2, 0) is 6.61 Å². The van der Waals surface area contributed by atoms with E-state index in [2.05, 4.69) is 45.2 Å². The largest absolute Gasteiger partial charge is 0.497 e. The van der Waals surface area contributed by atoms with E-state index >= 15 is 0 Å². The number of aliphatic hydroxyl groups is 2. The van der Waals surface area contributed by atoms with Crippen molar-refractivity contribution in [3.05, 3.63) is 60.2 Å². The molecule has 5 heteroatoms. The molecule has 0 amide bonds. The summed E-state index contributed by atoms with van der Waals surface area (Å²) < 4.78 is 7.01. The van der Waals surface area contributed by atoms with Crippen LogP contribution in [0.3, 0.4) is 0 Å². The van der Waals surface area contributed by atoms with Gasteiger partial charge in [0.05, 0.1) is 13.7 Å². The van der Waals surface area contributed by atoms with Gasteiger partial charge in [-0.05, 0) is 80.6 Å². The molecule has 2 aromatic rings. The molecule has 0 bridgehead atoms. The van der Waals surface area contributed by atoms with Gasteiger partial charge in [-0.2, -0.15) is 0 Å². The third-order valence-electron chi connectivity index (χ3n) is 3.03. The SMILES string of the molecule is COc1ccc([C@@H](O)c2c(I)cc(CO)cc2I)cc1. The summed E-state index contributed by atoms with van der Waals surface area (Å²) in [5.74, 6) is 0.765. The topological polar surface area (TPSA) is 49.7 Å². The Morgan fingerprint density at radius 1 is 1.10 bits per heavy atom. The van der Waals surface area contributed by atoms with E-state index in [9.17, 15) is 10.2 Å². The van der Waals surface area contributed by atoms with Gasteiger partial charge in [-0.15, -0.1) is 0 Å². The van der Waals surface area contributed by atoms with Crippen molar-refractivity contribution >= 4 is 45.2 Å². The summed E-state index contributed by atoms with van der Waals surface area (Å²) in [5.41, 5.74) is 2.54. The minimum absolute atomic E-state index is 0.00488. The normalized spacial score (nSPS) is 12.2. The lowest BCUT2D eigenvalue weighted by Crippen LogP contribution is -2.06. The Labute approximate surface area is 145 Å². The second-order valence-corrected chi connectivity index (χ2v) is 6.63. The molecule has 0 heterocycles. The molecule has 0 spiro atoms. The number of halogens is 2. The third-order valence-corrected chi connectivity index (χ3v) is 4.81. The molecule has 1 atom stereocenters. The highest BCUT2D eigenvalue weighted by Crippen LogP contribution is 2.32. The Balaban J connectivity index is 2.39. The van der Waals surface area contributed by atoms with Crippen molar-refractivity contribution in [2.45, 2.75) is 12.7 Å². The Morgan fingerprint density at radius 3 is 2.10 bits per heavy atom. The van der Waals surface area contributed by atoms with Crippen molar-refractivity contribution in [2.75, 3.05) is 7.11 Å². The van der Waals surface area contributed by atoms with Gasteiger partial charge in [0.1, 0.15) is 11.9 Å². The van der Waals surface area contributed by atoms with E-state index in [0.717, 1.165) is 29.6 Å². The molecular formula is C15H14I2O3. The predicted octanol–water partition coefficient (Wildman–Crippen LogP) is 3.48. The van der Waals surface area contributed by atoms with Crippen LogP contribution >= 0.6 is 45.2 Å². The number of methoxy groups -OCH3 is 1. The molecule has 0 aromatic heterocycles. The highest BCUT2D eigenvalue weighted by molar-refractivity contribution is 14.1. The van der Waals surface area contributed by atoms with Crippen LogP contribution in [0.2, 0.25) is 0 Å². The summed E-state index contributed by atoms with van der Waals surface area (Å²) in [6.07, 6.45) is -0.688. The number of hydrogen-bond acceptors (Lipinski definition) is 3. The van der Waals surface area contributed by atoms with Gasteiger partial charge in [0.25, 0.3) is 0 Å². The van der Waals surface area contributed by atoms with Gasteiger partial charge in [0, 0.05) is 12.7 Å². The van der Waals surface area contributed by atoms with E-state index in [1.165, 1.54) is 0 Å². The lowest BCUT2D eigenvalue weighted by Gasteiger charge is -2.17. The Kier molecular flexibility index (Phi) is 5.65. The van der Waals surface area contributed by atoms with Gasteiger partial charge in [-0.1, -0.05) is 12.1 Å². The Hall–Kier alpha value is -0.380. The van der Waals surface area contributed by atoms with Gasteiger partial charge in [0.2, 0.25) is 0 Å². The maximum absolute atomic E-state index is 10.6. The van der Waals surface area contributed by atoms with Crippen LogP contribution in [0.15, 0.2) is 36.4 Å². The van der Waals surface area contributed by atoms with Gasteiger partial charge in [-0.25, -0.2) is 0 Å². The van der Waals surface area contributed by atoms with Crippen molar-refractivity contribution in [2.24, 2.45) is 0 Å². The second-order valence-electron chi connectivity index (χ2n) is 4.31. The monoisotopic (exact) mass is 496 g/mol. The minimum atomic E-state index is -0.688. The van der Waals surface area contributed by atoms with E-state index < -0.39 is 6.10 Å². The van der Waals surface area contributed by atoms with Crippen molar-refractivity contribution in [1.29, 1.82) is 0 Å². The van der Waals surface area contributed by atoms with E-state index in [1.54, 1.807) is 7.11 Å². The molecule has 0 radical (unpaired) electrons. The fraction of sp³-hybridized carbons (Fsp3) is 0.200. The Bertz CT molecular complexity index is 574. The van der Waals surface area contributed by atoms with E-state index in [4.69, 9.17) is 4.74 Å². The summed E-state index contributed by atoms with van der Waals surface area (Å²) in [6, 6.07) is 11.2. The molecule has 0 saturated heterocycles. The molecule has 0 fully saturated rings. The van der Waals surface area contributed by atoms with Crippen LogP contribution in [-0.4, -0.2) is 17.3 Å². The molecule has 0 aliphatic carbocycles. The van der Waals surface area contributed by atoms with Crippen LogP contribution in [0.25, 0.3) is 0 Å². The molecule has 2 rings (SSSR count). The predicted molar refractivity (Wildman–Crippen MR) is 94.9 cm³/mol. The lowest BCUT2D eigenvalue weighted by atomic mass is 10.0. The molecule has 2 aromatic carbocycles. The Morgan fingerprint density at radius 2 is 1.65 bits per heavy atom. The first-order valence-electron chi connectivity index (χ1n) is 5.97. The summed E-state index contributed by atoms with van der Waals surface area (Å²) in [7, 11) is 1.62. The summed E-state index contributed by atoms with van der Waals surface area (Å²) >= 11 is 4.38. The zero-order valence-corrected chi connectivity index (χ0v) is 15.1. The highest BCUT2D eigenvalue weighted by Gasteiger charge is 2.18. The average Bonchev–Trinajstić information content (AvgIpc) is 2.46. The summed E-state index contributed by atoms with van der Waals surface area (Å²) in [5, 5.41) is 19.8. The molecule has 106 valence electrons. The zero-order chi connectivity index (χ0) is 14.7. The van der Waals surface area contributed by atoms with Gasteiger partial charge in [0.15, 0.2) is 0 Å². The molecule has 3 nitrogen and oxygen atoms in total. The second kappa shape index (κ2) is 7.06. The van der Waals surface area contributed by atoms with Crippen LogP contribution in [0.5, 0.6) is 5.75 Å². The summed E-state index contributed by atoms with van der Waals surface area (Å²) in [6.45, 7) is 0.00488. The fourth-order valence-electron chi connectivity index (χ4n) is 1.94. The third kappa shape index (κ3) is 3.44. The number of aliphatic hydroxyl groups excluding tert-OH is 2. The number of rotatable bonds is 4. The molecule has 0 unspecified atom stereocenters. The standard InChI is InChI=1S/C15H14I2O3/c1-20-11-4-2-10(3-5-11)15(19)14-12(16)6-9(8-18)7-13(14)17/h2-7,15,18-19H,8H2,1H3/t15-/m1/s1. The first kappa shape index (κ1) is 16.0. The van der Waals surface area contributed by atoms with Crippen LogP contribution in [0, 0.1) is 7.14 Å². The zero-order valence-electron chi connectivity index (χ0n) is 10.8. The number of benzene rings is 2. The molecule has 2 N–H and O–H groups in total. The molecule has 0 aliphatic rings. The average molecular weight is 496 g/mol. The van der Waals surface area contributed by atoms with Crippen molar-refractivity contribution in [3.8, 4) is 5.75 Å². The quantitative estimate of drug-likeness (QED) is 0.638. The first-order chi connectivity index (χ1) is 9.56.